The highest BCUT2D eigenvalue weighted by molar-refractivity contribution is 5.97. The van der Waals surface area contributed by atoms with E-state index < -0.39 is 5.91 Å². The van der Waals surface area contributed by atoms with Gasteiger partial charge in [0, 0.05) is 13.6 Å². The average molecular weight is 241 g/mol. The third kappa shape index (κ3) is 3.44. The zero-order valence-electron chi connectivity index (χ0n) is 9.77. The molecule has 0 aromatic carbocycles. The number of anilines is 1. The number of amides is 2. The Bertz CT molecular complexity index is 403. The number of hydrogen-bond acceptors (Lipinski definition) is 6. The first-order chi connectivity index (χ1) is 8.06. The van der Waals surface area contributed by atoms with Crippen LogP contribution < -0.4 is 11.1 Å². The lowest BCUT2D eigenvalue weighted by Crippen LogP contribution is -2.38. The standard InChI is InChI=1S/C9H15N5O3/c1-3-4-11-6(15)5-14(2)9(16)7-8(10)13-17-12-7/h3-5H2,1-2H3,(H2,10,13)(H,11,15). The minimum atomic E-state index is -0.504. The number of nitrogens with one attached hydrogen (secondary N) is 1. The van der Waals surface area contributed by atoms with E-state index in [2.05, 4.69) is 20.3 Å². The molecule has 1 aromatic rings. The van der Waals surface area contributed by atoms with E-state index in [9.17, 15) is 9.59 Å². The first kappa shape index (κ1) is 12.9. The van der Waals surface area contributed by atoms with Crippen molar-refractivity contribution in [1.82, 2.24) is 20.5 Å². The quantitative estimate of drug-likeness (QED) is 0.701. The minimum Gasteiger partial charge on any atom is -0.379 e. The molecule has 8 heteroatoms. The molecule has 0 fully saturated rings. The van der Waals surface area contributed by atoms with Crippen LogP contribution in [0.4, 0.5) is 5.82 Å². The maximum Gasteiger partial charge on any atom is 0.280 e. The summed E-state index contributed by atoms with van der Waals surface area (Å²) in [6.45, 7) is 2.45. The molecule has 94 valence electrons. The van der Waals surface area contributed by atoms with Crippen molar-refractivity contribution in [3.63, 3.8) is 0 Å². The van der Waals surface area contributed by atoms with Gasteiger partial charge in [-0.05, 0) is 16.7 Å². The van der Waals surface area contributed by atoms with Crippen LogP contribution in [0.3, 0.4) is 0 Å². The normalized spacial score (nSPS) is 10.0. The van der Waals surface area contributed by atoms with E-state index >= 15 is 0 Å². The van der Waals surface area contributed by atoms with Crippen molar-refractivity contribution in [2.45, 2.75) is 13.3 Å². The van der Waals surface area contributed by atoms with Crippen LogP contribution in [0.15, 0.2) is 4.63 Å². The number of carbonyl (C=O) groups is 2. The van der Waals surface area contributed by atoms with Gasteiger partial charge in [-0.15, -0.1) is 0 Å². The average Bonchev–Trinajstić information content (AvgIpc) is 2.71. The number of rotatable bonds is 5. The summed E-state index contributed by atoms with van der Waals surface area (Å²) < 4.78 is 4.31. The van der Waals surface area contributed by atoms with Crippen molar-refractivity contribution in [2.24, 2.45) is 0 Å². The minimum absolute atomic E-state index is 0.0644. The van der Waals surface area contributed by atoms with E-state index in [0.717, 1.165) is 6.42 Å². The van der Waals surface area contributed by atoms with Crippen molar-refractivity contribution >= 4 is 17.6 Å². The summed E-state index contributed by atoms with van der Waals surface area (Å²) >= 11 is 0. The van der Waals surface area contributed by atoms with Gasteiger partial charge in [0.2, 0.25) is 17.4 Å². The molecule has 1 rings (SSSR count). The Hall–Kier alpha value is -2.12. The molecule has 0 aliphatic rings. The van der Waals surface area contributed by atoms with Crippen molar-refractivity contribution < 1.29 is 14.2 Å². The van der Waals surface area contributed by atoms with Gasteiger partial charge in [0.05, 0.1) is 6.54 Å². The molecule has 8 nitrogen and oxygen atoms in total. The summed E-state index contributed by atoms with van der Waals surface area (Å²) in [4.78, 5) is 24.3. The molecule has 0 aliphatic carbocycles. The summed E-state index contributed by atoms with van der Waals surface area (Å²) in [5, 5.41) is 9.32. The van der Waals surface area contributed by atoms with Crippen LogP contribution in [0.5, 0.6) is 0 Å². The fourth-order valence-electron chi connectivity index (χ4n) is 1.13. The highest BCUT2D eigenvalue weighted by Crippen LogP contribution is 2.06. The lowest BCUT2D eigenvalue weighted by molar-refractivity contribution is -0.121. The van der Waals surface area contributed by atoms with E-state index in [0.29, 0.717) is 6.54 Å². The third-order valence-electron chi connectivity index (χ3n) is 2.02. The van der Waals surface area contributed by atoms with Gasteiger partial charge in [0.25, 0.3) is 5.91 Å². The molecule has 0 atom stereocenters. The molecule has 0 unspecified atom stereocenters. The van der Waals surface area contributed by atoms with E-state index in [1.165, 1.54) is 11.9 Å². The lowest BCUT2D eigenvalue weighted by atomic mass is 10.3. The zero-order chi connectivity index (χ0) is 12.8. The van der Waals surface area contributed by atoms with Crippen LogP contribution >= 0.6 is 0 Å². The Kier molecular flexibility index (Phi) is 4.44. The summed E-state index contributed by atoms with van der Waals surface area (Å²) in [6, 6.07) is 0. The number of aromatic nitrogens is 2. The van der Waals surface area contributed by atoms with Gasteiger partial charge in [0.1, 0.15) is 0 Å². The monoisotopic (exact) mass is 241 g/mol. The van der Waals surface area contributed by atoms with Gasteiger partial charge >= 0.3 is 0 Å². The second-order valence-electron chi connectivity index (χ2n) is 3.51. The number of nitrogens with two attached hydrogens (primary N) is 1. The molecular formula is C9H15N5O3. The number of nitrogens with zero attached hydrogens (tertiary/aromatic N) is 3. The van der Waals surface area contributed by atoms with E-state index in [1.807, 2.05) is 6.92 Å². The molecule has 2 amide bonds. The van der Waals surface area contributed by atoms with Crippen molar-refractivity contribution in [3.8, 4) is 0 Å². The van der Waals surface area contributed by atoms with Crippen LogP contribution in [0, 0.1) is 0 Å². The molecule has 17 heavy (non-hydrogen) atoms. The number of likely N-dealkylation sites (N-methyl/N-ethyl adjacent to an activating group) is 1. The van der Waals surface area contributed by atoms with Crippen LogP contribution in [0.2, 0.25) is 0 Å². The van der Waals surface area contributed by atoms with Crippen molar-refractivity contribution in [3.05, 3.63) is 5.69 Å². The molecule has 0 spiro atoms. The van der Waals surface area contributed by atoms with Crippen LogP contribution in [-0.2, 0) is 4.79 Å². The van der Waals surface area contributed by atoms with E-state index in [1.54, 1.807) is 0 Å². The largest absolute Gasteiger partial charge is 0.379 e. The molecule has 0 bridgehead atoms. The van der Waals surface area contributed by atoms with Gasteiger partial charge in [0.15, 0.2) is 0 Å². The van der Waals surface area contributed by atoms with Crippen LogP contribution in [0.25, 0.3) is 0 Å². The number of hydrogen-bond donors (Lipinski definition) is 2. The lowest BCUT2D eigenvalue weighted by Gasteiger charge is -2.14. The molecule has 0 aliphatic heterocycles. The molecule has 0 saturated carbocycles. The van der Waals surface area contributed by atoms with Gasteiger partial charge in [-0.25, -0.2) is 4.63 Å². The number of nitrogen functional groups attached to an aromatic ring is 1. The SMILES string of the molecule is CCCNC(=O)CN(C)C(=O)c1nonc1N. The van der Waals surface area contributed by atoms with Gasteiger partial charge in [-0.3, -0.25) is 9.59 Å². The predicted octanol–water partition coefficient (Wildman–Crippen LogP) is -0.750. The molecule has 0 saturated heterocycles. The zero-order valence-corrected chi connectivity index (χ0v) is 9.77. The first-order valence-electron chi connectivity index (χ1n) is 5.16. The second kappa shape index (κ2) is 5.83. The maximum absolute atomic E-state index is 11.7. The molecule has 1 aromatic heterocycles. The van der Waals surface area contributed by atoms with Crippen LogP contribution in [0.1, 0.15) is 23.8 Å². The fraction of sp³-hybridized carbons (Fsp3) is 0.556. The van der Waals surface area contributed by atoms with Gasteiger partial charge in [-0.2, -0.15) is 0 Å². The first-order valence-corrected chi connectivity index (χ1v) is 5.16. The molecular weight excluding hydrogens is 226 g/mol. The smallest absolute Gasteiger partial charge is 0.280 e. The second-order valence-corrected chi connectivity index (χ2v) is 3.51. The van der Waals surface area contributed by atoms with E-state index in [-0.39, 0.29) is 24.0 Å². The topological polar surface area (TPSA) is 114 Å². The Morgan fingerprint density at radius 1 is 1.47 bits per heavy atom. The summed E-state index contributed by atoms with van der Waals surface area (Å²) in [5.74, 6) is -0.830. The maximum atomic E-state index is 11.7. The summed E-state index contributed by atoms with van der Waals surface area (Å²) in [7, 11) is 1.47. The molecule has 3 N–H and O–H groups in total. The highest BCUT2D eigenvalue weighted by Gasteiger charge is 2.21. The Morgan fingerprint density at radius 3 is 2.71 bits per heavy atom. The predicted molar refractivity (Wildman–Crippen MR) is 59.0 cm³/mol. The summed E-state index contributed by atoms with van der Waals surface area (Å²) in [6.07, 6.45) is 0.837. The Balaban J connectivity index is 2.53. The van der Waals surface area contributed by atoms with Crippen LogP contribution in [-0.4, -0.2) is 47.2 Å². The summed E-state index contributed by atoms with van der Waals surface area (Å²) in [5.41, 5.74) is 5.29. The van der Waals surface area contributed by atoms with E-state index in [4.69, 9.17) is 5.73 Å². The van der Waals surface area contributed by atoms with Gasteiger partial charge < -0.3 is 16.0 Å². The van der Waals surface area contributed by atoms with Crippen molar-refractivity contribution in [2.75, 3.05) is 25.9 Å². The number of carbonyl (C=O) groups excluding carboxylic acids is 2. The third-order valence-corrected chi connectivity index (χ3v) is 2.02. The van der Waals surface area contributed by atoms with Gasteiger partial charge in [-0.1, -0.05) is 6.92 Å². The molecule has 1 heterocycles. The highest BCUT2D eigenvalue weighted by atomic mass is 16.6. The Morgan fingerprint density at radius 2 is 2.18 bits per heavy atom. The Labute approximate surface area is 98.1 Å². The fourth-order valence-corrected chi connectivity index (χ4v) is 1.13. The molecule has 0 radical (unpaired) electrons. The van der Waals surface area contributed by atoms with Crippen molar-refractivity contribution in [1.29, 1.82) is 0 Å².